The highest BCUT2D eigenvalue weighted by atomic mass is 16.7. The van der Waals surface area contributed by atoms with E-state index in [9.17, 15) is 5.11 Å². The number of nitrogens with zero attached hydrogens (tertiary/aromatic N) is 1. The third-order valence-electron chi connectivity index (χ3n) is 5.39. The number of hydrogen-bond acceptors (Lipinski definition) is 3. The number of phenolic OH excluding ortho intramolecular Hbond substituents is 1. The van der Waals surface area contributed by atoms with Crippen molar-refractivity contribution in [2.45, 2.75) is 32.1 Å². The summed E-state index contributed by atoms with van der Waals surface area (Å²) in [7, 11) is 0. The van der Waals surface area contributed by atoms with Crippen LogP contribution in [0.4, 0.5) is 0 Å². The molecule has 1 N–H and O–H groups in total. The Morgan fingerprint density at radius 3 is 2.62 bits per heavy atom. The molecule has 1 heterocycles. The van der Waals surface area contributed by atoms with Gasteiger partial charge in [0.05, 0.1) is 0 Å². The van der Waals surface area contributed by atoms with Crippen molar-refractivity contribution in [3.63, 3.8) is 0 Å². The number of aromatic hydroxyl groups is 1. The lowest BCUT2D eigenvalue weighted by atomic mass is 9.89. The van der Waals surface area contributed by atoms with Crippen molar-refractivity contribution in [3.8, 4) is 11.5 Å². The van der Waals surface area contributed by atoms with Crippen LogP contribution >= 0.6 is 0 Å². The second-order valence-electron chi connectivity index (χ2n) is 7.01. The molecule has 0 saturated carbocycles. The normalized spacial score (nSPS) is 16.0. The molecule has 1 aliphatic rings. The Kier molecular flexibility index (Phi) is 4.81. The highest BCUT2D eigenvalue weighted by molar-refractivity contribution is 5.88. The second-order valence-corrected chi connectivity index (χ2v) is 7.01. The summed E-state index contributed by atoms with van der Waals surface area (Å²) in [5, 5.41) is 14.2. The average molecular weight is 347 g/mol. The molecule has 1 aliphatic heterocycles. The minimum atomic E-state index is 0.362. The number of para-hydroxylation sites is 1. The van der Waals surface area contributed by atoms with E-state index in [4.69, 9.17) is 4.84 Å². The number of aryl methyl sites for hydroxylation is 1. The van der Waals surface area contributed by atoms with E-state index in [1.807, 2.05) is 18.2 Å². The summed E-state index contributed by atoms with van der Waals surface area (Å²) in [6.45, 7) is 3.99. The molecule has 0 bridgehead atoms. The molecule has 3 aromatic carbocycles. The van der Waals surface area contributed by atoms with Crippen LogP contribution in [0.25, 0.3) is 10.8 Å². The summed E-state index contributed by atoms with van der Waals surface area (Å²) < 4.78 is 0. The van der Waals surface area contributed by atoms with Gasteiger partial charge in [0.15, 0.2) is 5.75 Å². The van der Waals surface area contributed by atoms with Crippen LogP contribution in [-0.2, 0) is 6.42 Å². The predicted molar refractivity (Wildman–Crippen MR) is 106 cm³/mol. The van der Waals surface area contributed by atoms with Crippen molar-refractivity contribution in [2.24, 2.45) is 0 Å². The van der Waals surface area contributed by atoms with E-state index < -0.39 is 0 Å². The first-order valence-electron chi connectivity index (χ1n) is 9.47. The largest absolute Gasteiger partial charge is 0.507 e. The molecule has 1 fully saturated rings. The van der Waals surface area contributed by atoms with E-state index in [0.717, 1.165) is 48.9 Å². The maximum Gasteiger partial charge on any atom is 0.150 e. The lowest BCUT2D eigenvalue weighted by Crippen LogP contribution is -2.35. The molecule has 0 spiro atoms. The molecular weight excluding hydrogens is 322 g/mol. The highest BCUT2D eigenvalue weighted by Gasteiger charge is 2.22. The van der Waals surface area contributed by atoms with Crippen molar-refractivity contribution in [1.82, 2.24) is 5.06 Å². The predicted octanol–water partition coefficient (Wildman–Crippen LogP) is 5.28. The first-order valence-corrected chi connectivity index (χ1v) is 9.47. The minimum Gasteiger partial charge on any atom is -0.507 e. The molecule has 0 amide bonds. The fraction of sp³-hybridized carbons (Fsp3) is 0.304. The number of rotatable bonds is 4. The Morgan fingerprint density at radius 1 is 1.00 bits per heavy atom. The van der Waals surface area contributed by atoms with Crippen molar-refractivity contribution in [2.75, 3.05) is 13.1 Å². The van der Waals surface area contributed by atoms with Gasteiger partial charge >= 0.3 is 0 Å². The molecule has 134 valence electrons. The van der Waals surface area contributed by atoms with Gasteiger partial charge in [0, 0.05) is 18.5 Å². The van der Waals surface area contributed by atoms with Crippen LogP contribution in [0.15, 0.2) is 60.7 Å². The van der Waals surface area contributed by atoms with Crippen molar-refractivity contribution in [3.05, 3.63) is 71.8 Å². The number of hydroxylamine groups is 2. The summed E-state index contributed by atoms with van der Waals surface area (Å²) in [6.07, 6.45) is 3.11. The molecule has 0 atom stereocenters. The maximum atomic E-state index is 10.1. The highest BCUT2D eigenvalue weighted by Crippen LogP contribution is 2.33. The van der Waals surface area contributed by atoms with Gasteiger partial charge in [0.25, 0.3) is 0 Å². The summed E-state index contributed by atoms with van der Waals surface area (Å²) in [6, 6.07) is 20.4. The van der Waals surface area contributed by atoms with E-state index in [0.29, 0.717) is 11.7 Å². The maximum absolute atomic E-state index is 10.1. The number of fused-ring (bicyclic) bond motifs is 1. The Hall–Kier alpha value is -2.52. The van der Waals surface area contributed by atoms with E-state index in [1.165, 1.54) is 11.1 Å². The van der Waals surface area contributed by atoms with Gasteiger partial charge in [-0.1, -0.05) is 49.4 Å². The number of hydrogen-bond donors (Lipinski definition) is 1. The van der Waals surface area contributed by atoms with Gasteiger partial charge in [-0.3, -0.25) is 0 Å². The Labute approximate surface area is 154 Å². The summed E-state index contributed by atoms with van der Waals surface area (Å²) in [5.74, 6) is 1.85. The van der Waals surface area contributed by atoms with E-state index in [-0.39, 0.29) is 0 Å². The minimum absolute atomic E-state index is 0.362. The van der Waals surface area contributed by atoms with Crippen LogP contribution in [0.5, 0.6) is 11.5 Å². The van der Waals surface area contributed by atoms with E-state index in [1.54, 1.807) is 6.07 Å². The average Bonchev–Trinajstić information content (AvgIpc) is 2.69. The van der Waals surface area contributed by atoms with Crippen LogP contribution < -0.4 is 4.84 Å². The van der Waals surface area contributed by atoms with E-state index >= 15 is 0 Å². The zero-order valence-electron chi connectivity index (χ0n) is 15.2. The van der Waals surface area contributed by atoms with Crippen LogP contribution in [0, 0.1) is 0 Å². The lowest BCUT2D eigenvalue weighted by molar-refractivity contribution is -0.0762. The molecule has 0 aromatic heterocycles. The molecule has 0 aliphatic carbocycles. The standard InChI is InChI=1S/C23H25NO2/c1-2-17-6-3-4-9-23(17)26-24-14-12-18(13-15-24)20-11-10-19-7-5-8-22(25)21(19)16-20/h3-11,16,18,25H,2,12-15H2,1H3. The van der Waals surface area contributed by atoms with Crippen molar-refractivity contribution in [1.29, 1.82) is 0 Å². The third-order valence-corrected chi connectivity index (χ3v) is 5.39. The van der Waals surface area contributed by atoms with Gasteiger partial charge in [0.1, 0.15) is 5.75 Å². The molecule has 4 rings (SSSR count). The first kappa shape index (κ1) is 16.9. The van der Waals surface area contributed by atoms with Gasteiger partial charge in [0.2, 0.25) is 0 Å². The Morgan fingerprint density at radius 2 is 1.81 bits per heavy atom. The molecule has 1 saturated heterocycles. The van der Waals surface area contributed by atoms with Crippen LogP contribution in [0.3, 0.4) is 0 Å². The van der Waals surface area contributed by atoms with Crippen LogP contribution in [0.1, 0.15) is 36.8 Å². The Balaban J connectivity index is 1.44. The summed E-state index contributed by atoms with van der Waals surface area (Å²) >= 11 is 0. The number of phenols is 1. The SMILES string of the molecule is CCc1ccccc1ON1CCC(c2ccc3cccc(O)c3c2)CC1. The molecule has 3 heteroatoms. The van der Waals surface area contributed by atoms with E-state index in [2.05, 4.69) is 48.4 Å². The zero-order valence-corrected chi connectivity index (χ0v) is 15.2. The molecule has 26 heavy (non-hydrogen) atoms. The van der Waals surface area contributed by atoms with Gasteiger partial charge in [-0.15, -0.1) is 5.06 Å². The Bertz CT molecular complexity index is 898. The van der Waals surface area contributed by atoms with Crippen molar-refractivity contribution >= 4 is 10.8 Å². The molecule has 3 nitrogen and oxygen atoms in total. The first-order chi connectivity index (χ1) is 12.7. The smallest absolute Gasteiger partial charge is 0.150 e. The topological polar surface area (TPSA) is 32.7 Å². The van der Waals surface area contributed by atoms with Gasteiger partial charge in [-0.2, -0.15) is 0 Å². The monoisotopic (exact) mass is 347 g/mol. The fourth-order valence-electron chi connectivity index (χ4n) is 3.83. The quantitative estimate of drug-likeness (QED) is 0.697. The second kappa shape index (κ2) is 7.38. The molecule has 0 radical (unpaired) electrons. The van der Waals surface area contributed by atoms with Crippen LogP contribution in [0.2, 0.25) is 0 Å². The van der Waals surface area contributed by atoms with Gasteiger partial charge in [-0.25, -0.2) is 0 Å². The number of piperidine rings is 1. The van der Waals surface area contributed by atoms with Crippen molar-refractivity contribution < 1.29 is 9.94 Å². The summed E-state index contributed by atoms with van der Waals surface area (Å²) in [4.78, 5) is 6.14. The fourth-order valence-corrected chi connectivity index (χ4v) is 3.83. The van der Waals surface area contributed by atoms with Gasteiger partial charge in [-0.05, 0) is 59.9 Å². The molecule has 0 unspecified atom stereocenters. The molecule has 3 aromatic rings. The third kappa shape index (κ3) is 3.40. The zero-order chi connectivity index (χ0) is 17.9. The lowest BCUT2D eigenvalue weighted by Gasteiger charge is -2.32. The van der Waals surface area contributed by atoms with Crippen LogP contribution in [-0.4, -0.2) is 23.3 Å². The summed E-state index contributed by atoms with van der Waals surface area (Å²) in [5.41, 5.74) is 2.56. The van der Waals surface area contributed by atoms with Gasteiger partial charge < -0.3 is 9.94 Å². The molecular formula is C23H25NO2. The number of benzene rings is 3.